The fourth-order valence-corrected chi connectivity index (χ4v) is 2.88. The summed E-state index contributed by atoms with van der Waals surface area (Å²) in [7, 11) is 0. The fourth-order valence-electron chi connectivity index (χ4n) is 2.88. The molecule has 0 fully saturated rings. The van der Waals surface area contributed by atoms with E-state index in [0.717, 1.165) is 51.4 Å². The minimum Gasteiger partial charge on any atom is -0.356 e. The summed E-state index contributed by atoms with van der Waals surface area (Å²) in [5.41, 5.74) is 2.70. The van der Waals surface area contributed by atoms with Crippen LogP contribution in [0.2, 0.25) is 0 Å². The van der Waals surface area contributed by atoms with Gasteiger partial charge in [-0.25, -0.2) is 0 Å². The highest BCUT2D eigenvalue weighted by Gasteiger charge is 2.22. The fraction of sp³-hybridized carbons (Fsp3) is 0.471. The average molecular weight is 440 g/mol. The highest BCUT2D eigenvalue weighted by Crippen LogP contribution is 2.27. The van der Waals surface area contributed by atoms with Crippen LogP contribution < -0.4 is 10.2 Å². The highest BCUT2D eigenvalue weighted by molar-refractivity contribution is 14.0. The predicted octanol–water partition coefficient (Wildman–Crippen LogP) is 2.70. The van der Waals surface area contributed by atoms with Crippen molar-refractivity contribution in [1.82, 2.24) is 20.1 Å². The molecule has 24 heavy (non-hydrogen) atoms. The number of hydrogen-bond donors (Lipinski definition) is 1. The lowest BCUT2D eigenvalue weighted by Crippen LogP contribution is -2.40. The van der Waals surface area contributed by atoms with Crippen molar-refractivity contribution in [2.24, 2.45) is 4.99 Å². The quantitative estimate of drug-likeness (QED) is 0.325. The van der Waals surface area contributed by atoms with E-state index < -0.39 is 0 Å². The molecule has 0 spiro atoms. The van der Waals surface area contributed by atoms with E-state index in [0.29, 0.717) is 0 Å². The number of benzene rings is 1. The maximum absolute atomic E-state index is 4.80. The summed E-state index contributed by atoms with van der Waals surface area (Å²) in [6.45, 7) is 5.79. The SMILES string of the molecule is CCNC(=NCCCCn1cnnc1)N1CCc2ccccc21.I. The van der Waals surface area contributed by atoms with Crippen LogP contribution in [0.1, 0.15) is 25.3 Å². The van der Waals surface area contributed by atoms with Crippen molar-refractivity contribution in [3.8, 4) is 0 Å². The van der Waals surface area contributed by atoms with E-state index in [1.807, 2.05) is 4.57 Å². The smallest absolute Gasteiger partial charge is 0.198 e. The Balaban J connectivity index is 0.00000208. The first-order chi connectivity index (χ1) is 11.4. The number of nitrogens with zero attached hydrogens (tertiary/aromatic N) is 5. The summed E-state index contributed by atoms with van der Waals surface area (Å²) in [4.78, 5) is 7.11. The van der Waals surface area contributed by atoms with Gasteiger partial charge in [-0.1, -0.05) is 18.2 Å². The average Bonchev–Trinajstić information content (AvgIpc) is 3.23. The number of fused-ring (bicyclic) bond motifs is 1. The largest absolute Gasteiger partial charge is 0.356 e. The Bertz CT molecular complexity index is 640. The molecule has 0 amide bonds. The second-order valence-corrected chi connectivity index (χ2v) is 5.67. The van der Waals surface area contributed by atoms with Gasteiger partial charge in [-0.2, -0.15) is 0 Å². The number of para-hydroxylation sites is 1. The second-order valence-electron chi connectivity index (χ2n) is 5.67. The molecule has 6 nitrogen and oxygen atoms in total. The zero-order valence-electron chi connectivity index (χ0n) is 14.1. The molecular weight excluding hydrogens is 415 g/mol. The molecule has 1 aliphatic rings. The monoisotopic (exact) mass is 440 g/mol. The van der Waals surface area contributed by atoms with Crippen LogP contribution in [0.25, 0.3) is 0 Å². The number of nitrogens with one attached hydrogen (secondary N) is 1. The number of aromatic nitrogens is 3. The van der Waals surface area contributed by atoms with Crippen molar-refractivity contribution in [3.05, 3.63) is 42.5 Å². The van der Waals surface area contributed by atoms with E-state index in [9.17, 15) is 0 Å². The molecule has 1 aliphatic heterocycles. The van der Waals surface area contributed by atoms with Gasteiger partial charge < -0.3 is 14.8 Å². The van der Waals surface area contributed by atoms with Crippen LogP contribution in [0.15, 0.2) is 41.9 Å². The Kier molecular flexibility index (Phi) is 7.48. The zero-order chi connectivity index (χ0) is 15.9. The molecule has 3 rings (SSSR count). The lowest BCUT2D eigenvalue weighted by atomic mass is 10.2. The third kappa shape index (κ3) is 4.68. The topological polar surface area (TPSA) is 58.3 Å². The van der Waals surface area contributed by atoms with Crippen molar-refractivity contribution in [2.45, 2.75) is 32.7 Å². The molecule has 0 bridgehead atoms. The molecule has 1 aromatic heterocycles. The Hall–Kier alpha value is -1.64. The van der Waals surface area contributed by atoms with Crippen LogP contribution in [0, 0.1) is 0 Å². The Morgan fingerprint density at radius 2 is 2.00 bits per heavy atom. The van der Waals surface area contributed by atoms with E-state index in [4.69, 9.17) is 4.99 Å². The van der Waals surface area contributed by atoms with Crippen LogP contribution in [-0.4, -0.2) is 40.4 Å². The highest BCUT2D eigenvalue weighted by atomic mass is 127. The number of unbranched alkanes of at least 4 members (excludes halogenated alkanes) is 1. The summed E-state index contributed by atoms with van der Waals surface area (Å²) < 4.78 is 2.01. The van der Waals surface area contributed by atoms with Crippen LogP contribution >= 0.6 is 24.0 Å². The van der Waals surface area contributed by atoms with E-state index in [2.05, 4.69) is 51.6 Å². The summed E-state index contributed by atoms with van der Waals surface area (Å²) in [5.74, 6) is 1.00. The number of hydrogen-bond acceptors (Lipinski definition) is 3. The number of guanidine groups is 1. The third-order valence-corrected chi connectivity index (χ3v) is 4.03. The molecule has 2 heterocycles. The molecule has 0 aliphatic carbocycles. The van der Waals surface area contributed by atoms with Gasteiger partial charge in [0.2, 0.25) is 0 Å². The maximum Gasteiger partial charge on any atom is 0.198 e. The van der Waals surface area contributed by atoms with Crippen LogP contribution in [0.4, 0.5) is 5.69 Å². The molecule has 0 saturated heterocycles. The van der Waals surface area contributed by atoms with Crippen molar-refractivity contribution in [2.75, 3.05) is 24.5 Å². The van der Waals surface area contributed by atoms with Gasteiger partial charge in [0.1, 0.15) is 12.7 Å². The minimum atomic E-state index is 0. The molecule has 1 N–H and O–H groups in total. The van der Waals surface area contributed by atoms with Crippen LogP contribution in [0.5, 0.6) is 0 Å². The molecule has 0 atom stereocenters. The lowest BCUT2D eigenvalue weighted by molar-refractivity contribution is 0.612. The first kappa shape index (κ1) is 18.7. The zero-order valence-corrected chi connectivity index (χ0v) is 16.4. The molecule has 130 valence electrons. The molecule has 0 radical (unpaired) electrons. The number of aliphatic imine (C=N–C) groups is 1. The molecular formula is C17H25IN6. The summed E-state index contributed by atoms with van der Waals surface area (Å²) in [6.07, 6.45) is 6.75. The van der Waals surface area contributed by atoms with Gasteiger partial charge in [-0.05, 0) is 37.8 Å². The number of aryl methyl sites for hydroxylation is 1. The number of rotatable bonds is 6. The van der Waals surface area contributed by atoms with E-state index in [-0.39, 0.29) is 24.0 Å². The Labute approximate surface area is 160 Å². The third-order valence-electron chi connectivity index (χ3n) is 4.03. The minimum absolute atomic E-state index is 0. The normalized spacial score (nSPS) is 13.5. The van der Waals surface area contributed by atoms with Crippen molar-refractivity contribution in [3.63, 3.8) is 0 Å². The number of anilines is 1. The van der Waals surface area contributed by atoms with Gasteiger partial charge in [-0.15, -0.1) is 34.2 Å². The van der Waals surface area contributed by atoms with Crippen molar-refractivity contribution >= 4 is 35.6 Å². The van der Waals surface area contributed by atoms with Crippen LogP contribution in [-0.2, 0) is 13.0 Å². The van der Waals surface area contributed by atoms with Crippen molar-refractivity contribution in [1.29, 1.82) is 0 Å². The van der Waals surface area contributed by atoms with Gasteiger partial charge >= 0.3 is 0 Å². The molecule has 0 saturated carbocycles. The molecule has 0 unspecified atom stereocenters. The Morgan fingerprint density at radius 1 is 1.21 bits per heavy atom. The lowest BCUT2D eigenvalue weighted by Gasteiger charge is -2.22. The van der Waals surface area contributed by atoms with Gasteiger partial charge in [0, 0.05) is 31.9 Å². The predicted molar refractivity (Wildman–Crippen MR) is 108 cm³/mol. The van der Waals surface area contributed by atoms with Gasteiger partial charge in [0.05, 0.1) is 0 Å². The van der Waals surface area contributed by atoms with E-state index in [1.54, 1.807) is 12.7 Å². The molecule has 2 aromatic rings. The number of halogens is 1. The van der Waals surface area contributed by atoms with E-state index in [1.165, 1.54) is 11.3 Å². The van der Waals surface area contributed by atoms with Gasteiger partial charge in [0.25, 0.3) is 0 Å². The maximum atomic E-state index is 4.80. The first-order valence-electron chi connectivity index (χ1n) is 8.34. The summed E-state index contributed by atoms with van der Waals surface area (Å²) >= 11 is 0. The second kappa shape index (κ2) is 9.61. The summed E-state index contributed by atoms with van der Waals surface area (Å²) in [5, 5.41) is 11.1. The Morgan fingerprint density at radius 3 is 2.79 bits per heavy atom. The van der Waals surface area contributed by atoms with Crippen molar-refractivity contribution < 1.29 is 0 Å². The molecule has 1 aromatic carbocycles. The summed E-state index contributed by atoms with van der Waals surface area (Å²) in [6, 6.07) is 8.59. The first-order valence-corrected chi connectivity index (χ1v) is 8.34. The van der Waals surface area contributed by atoms with E-state index >= 15 is 0 Å². The standard InChI is InChI=1S/C17H24N6.HI/c1-2-18-17(19-10-5-6-11-22-13-20-21-14-22)23-12-9-15-7-3-4-8-16(15)23;/h3-4,7-8,13-14H,2,5-6,9-12H2,1H3,(H,18,19);1H. The van der Waals surface area contributed by atoms with Gasteiger partial charge in [0.15, 0.2) is 5.96 Å². The molecule has 7 heteroatoms. The van der Waals surface area contributed by atoms with Crippen LogP contribution in [0.3, 0.4) is 0 Å². The van der Waals surface area contributed by atoms with Gasteiger partial charge in [-0.3, -0.25) is 4.99 Å².